The van der Waals surface area contributed by atoms with Crippen molar-refractivity contribution in [3.05, 3.63) is 29.6 Å². The molecule has 0 aliphatic carbocycles. The van der Waals surface area contributed by atoms with E-state index in [1.165, 1.54) is 17.0 Å². The van der Waals surface area contributed by atoms with Crippen LogP contribution in [0.2, 0.25) is 0 Å². The van der Waals surface area contributed by atoms with Crippen molar-refractivity contribution in [1.82, 2.24) is 5.32 Å². The van der Waals surface area contributed by atoms with E-state index in [0.29, 0.717) is 12.1 Å². The Kier molecular flexibility index (Phi) is 3.30. The maximum Gasteiger partial charge on any atom is 0.252 e. The predicted octanol–water partition coefficient (Wildman–Crippen LogP) is 1.77. The Hall–Kier alpha value is -1.91. The first-order valence-corrected chi connectivity index (χ1v) is 6.26. The van der Waals surface area contributed by atoms with Crippen molar-refractivity contribution in [2.75, 3.05) is 11.4 Å². The van der Waals surface area contributed by atoms with Crippen LogP contribution in [0.4, 0.5) is 10.1 Å². The van der Waals surface area contributed by atoms with Crippen LogP contribution in [0.3, 0.4) is 0 Å². The van der Waals surface area contributed by atoms with Crippen LogP contribution in [-0.2, 0) is 9.59 Å². The normalized spacial score (nSPS) is 23.5. The van der Waals surface area contributed by atoms with Crippen molar-refractivity contribution in [1.29, 1.82) is 0 Å². The van der Waals surface area contributed by atoms with Gasteiger partial charge in [0.1, 0.15) is 17.9 Å². The molecular weight excluding hydrogens is 247 g/mol. The molecule has 0 radical (unpaired) electrons. The topological polar surface area (TPSA) is 49.4 Å². The number of amides is 2. The molecule has 0 bridgehead atoms. The molecule has 2 rings (SSSR count). The van der Waals surface area contributed by atoms with Gasteiger partial charge in [-0.3, -0.25) is 9.59 Å². The van der Waals surface area contributed by atoms with Crippen LogP contribution in [0.25, 0.3) is 0 Å². The molecule has 0 spiro atoms. The molecule has 1 aliphatic heterocycles. The summed E-state index contributed by atoms with van der Waals surface area (Å²) in [6.07, 6.45) is 0.489. The lowest BCUT2D eigenvalue weighted by Gasteiger charge is -2.39. The fourth-order valence-electron chi connectivity index (χ4n) is 2.22. The third kappa shape index (κ3) is 2.32. The molecular formula is C14H17FN2O2. The first-order chi connectivity index (χ1) is 8.87. The van der Waals surface area contributed by atoms with Gasteiger partial charge in [-0.15, -0.1) is 0 Å². The van der Waals surface area contributed by atoms with Crippen molar-refractivity contribution in [3.8, 4) is 0 Å². The van der Waals surface area contributed by atoms with Gasteiger partial charge in [-0.25, -0.2) is 4.39 Å². The summed E-state index contributed by atoms with van der Waals surface area (Å²) in [4.78, 5) is 25.6. The second-order valence-electron chi connectivity index (χ2n) is 5.06. The minimum atomic E-state index is -0.923. The van der Waals surface area contributed by atoms with E-state index < -0.39 is 11.4 Å². The van der Waals surface area contributed by atoms with Crippen molar-refractivity contribution in [2.45, 2.75) is 32.7 Å². The summed E-state index contributed by atoms with van der Waals surface area (Å²) in [5.74, 6) is -0.853. The Morgan fingerprint density at radius 2 is 2.11 bits per heavy atom. The van der Waals surface area contributed by atoms with Crippen molar-refractivity contribution < 1.29 is 14.0 Å². The number of nitrogens with zero attached hydrogens (tertiary/aromatic N) is 1. The zero-order chi connectivity index (χ0) is 14.2. The fraction of sp³-hybridized carbons (Fsp3) is 0.429. The van der Waals surface area contributed by atoms with Crippen molar-refractivity contribution in [3.63, 3.8) is 0 Å². The van der Waals surface area contributed by atoms with Gasteiger partial charge in [0.15, 0.2) is 0 Å². The molecule has 5 heteroatoms. The quantitative estimate of drug-likeness (QED) is 0.885. The summed E-state index contributed by atoms with van der Waals surface area (Å²) in [6, 6.07) is 4.24. The Morgan fingerprint density at radius 3 is 2.74 bits per heavy atom. The van der Waals surface area contributed by atoms with E-state index in [-0.39, 0.29) is 18.4 Å². The maximum atomic E-state index is 13.4. The van der Waals surface area contributed by atoms with Crippen LogP contribution < -0.4 is 10.2 Å². The first kappa shape index (κ1) is 13.5. The molecule has 2 amide bonds. The Bertz CT molecular complexity index is 544. The van der Waals surface area contributed by atoms with Gasteiger partial charge in [-0.2, -0.15) is 0 Å². The number of hydrogen-bond donors (Lipinski definition) is 1. The number of anilines is 1. The summed E-state index contributed by atoms with van der Waals surface area (Å²) in [7, 11) is 0. The average molecular weight is 264 g/mol. The summed E-state index contributed by atoms with van der Waals surface area (Å²) < 4.78 is 13.4. The highest BCUT2D eigenvalue weighted by Crippen LogP contribution is 2.27. The molecule has 19 heavy (non-hydrogen) atoms. The van der Waals surface area contributed by atoms with Gasteiger partial charge >= 0.3 is 0 Å². The van der Waals surface area contributed by atoms with Gasteiger partial charge in [0, 0.05) is 0 Å². The maximum absolute atomic E-state index is 13.4. The summed E-state index contributed by atoms with van der Waals surface area (Å²) in [5.41, 5.74) is 0.302. The van der Waals surface area contributed by atoms with Gasteiger partial charge < -0.3 is 10.2 Å². The lowest BCUT2D eigenvalue weighted by atomic mass is 9.93. The number of carbonyl (C=O) groups is 2. The van der Waals surface area contributed by atoms with Crippen LogP contribution in [0.5, 0.6) is 0 Å². The summed E-state index contributed by atoms with van der Waals surface area (Å²) in [6.45, 7) is 5.24. The molecule has 1 aliphatic rings. The number of aryl methyl sites for hydroxylation is 1. The largest absolute Gasteiger partial charge is 0.340 e. The van der Waals surface area contributed by atoms with E-state index in [1.807, 2.05) is 6.92 Å². The Labute approximate surface area is 111 Å². The number of rotatable bonds is 2. The van der Waals surface area contributed by atoms with E-state index in [2.05, 4.69) is 5.32 Å². The van der Waals surface area contributed by atoms with Crippen LogP contribution in [0.1, 0.15) is 25.8 Å². The number of hydrogen-bond acceptors (Lipinski definition) is 2. The Balaban J connectivity index is 2.46. The summed E-state index contributed by atoms with van der Waals surface area (Å²) in [5, 5.41) is 2.70. The standard InChI is InChI=1S/C14H17FN2O2/c1-4-14(3)13(19)17(8-12(18)16-14)11-7-10(15)6-5-9(11)2/h5-7H,4,8H2,1-3H3,(H,16,18). The highest BCUT2D eigenvalue weighted by molar-refractivity contribution is 6.09. The van der Waals surface area contributed by atoms with Crippen molar-refractivity contribution >= 4 is 17.5 Å². The SMILES string of the molecule is CCC1(C)NC(=O)CN(c2cc(F)ccc2C)C1=O. The molecule has 0 aromatic heterocycles. The second kappa shape index (κ2) is 4.64. The molecule has 1 fully saturated rings. The molecule has 1 heterocycles. The highest BCUT2D eigenvalue weighted by Gasteiger charge is 2.42. The molecule has 1 N–H and O–H groups in total. The lowest BCUT2D eigenvalue weighted by molar-refractivity contribution is -0.135. The molecule has 1 aromatic rings. The van der Waals surface area contributed by atoms with Crippen LogP contribution in [0, 0.1) is 12.7 Å². The number of halogens is 1. The molecule has 102 valence electrons. The van der Waals surface area contributed by atoms with E-state index >= 15 is 0 Å². The molecule has 1 atom stereocenters. The van der Waals surface area contributed by atoms with E-state index in [4.69, 9.17) is 0 Å². The van der Waals surface area contributed by atoms with Crippen molar-refractivity contribution in [2.24, 2.45) is 0 Å². The van der Waals surface area contributed by atoms with Crippen LogP contribution >= 0.6 is 0 Å². The molecule has 4 nitrogen and oxygen atoms in total. The van der Waals surface area contributed by atoms with Crippen LogP contribution in [-0.4, -0.2) is 23.9 Å². The van der Waals surface area contributed by atoms with Gasteiger partial charge in [0.05, 0.1) is 5.69 Å². The van der Waals surface area contributed by atoms with E-state index in [1.54, 1.807) is 19.9 Å². The fourth-order valence-corrected chi connectivity index (χ4v) is 2.22. The zero-order valence-corrected chi connectivity index (χ0v) is 11.3. The smallest absolute Gasteiger partial charge is 0.252 e. The van der Waals surface area contributed by atoms with Gasteiger partial charge in [-0.1, -0.05) is 13.0 Å². The minimum absolute atomic E-state index is 0.0707. The van der Waals surface area contributed by atoms with Gasteiger partial charge in [0.25, 0.3) is 5.91 Å². The summed E-state index contributed by atoms with van der Waals surface area (Å²) >= 11 is 0. The van der Waals surface area contributed by atoms with Gasteiger partial charge in [-0.05, 0) is 38.0 Å². The van der Waals surface area contributed by atoms with Gasteiger partial charge in [0.2, 0.25) is 5.91 Å². The highest BCUT2D eigenvalue weighted by atomic mass is 19.1. The second-order valence-corrected chi connectivity index (χ2v) is 5.06. The molecule has 1 aromatic carbocycles. The number of piperazine rings is 1. The number of nitrogens with one attached hydrogen (secondary N) is 1. The lowest BCUT2D eigenvalue weighted by Crippen LogP contribution is -2.65. The number of benzene rings is 1. The molecule has 0 saturated carbocycles. The third-order valence-corrected chi connectivity index (χ3v) is 3.60. The predicted molar refractivity (Wildman–Crippen MR) is 70.3 cm³/mol. The third-order valence-electron chi connectivity index (χ3n) is 3.60. The number of carbonyl (C=O) groups excluding carboxylic acids is 2. The van der Waals surface area contributed by atoms with E-state index in [9.17, 15) is 14.0 Å². The molecule has 1 unspecified atom stereocenters. The monoisotopic (exact) mass is 264 g/mol. The van der Waals surface area contributed by atoms with Crippen LogP contribution in [0.15, 0.2) is 18.2 Å². The Morgan fingerprint density at radius 1 is 1.42 bits per heavy atom. The zero-order valence-electron chi connectivity index (χ0n) is 11.3. The minimum Gasteiger partial charge on any atom is -0.340 e. The molecule has 1 saturated heterocycles. The van der Waals surface area contributed by atoms with E-state index in [0.717, 1.165) is 5.56 Å². The first-order valence-electron chi connectivity index (χ1n) is 6.26. The average Bonchev–Trinajstić information content (AvgIpc) is 2.37.